The first-order valence-electron chi connectivity index (χ1n) is 3.76. The maximum Gasteiger partial charge on any atom is 0.123 e. The molecule has 0 N–H and O–H groups in total. The Hall–Kier alpha value is -0.670. The first kappa shape index (κ1) is 8.91. The summed E-state index contributed by atoms with van der Waals surface area (Å²) in [7, 11) is 0. The van der Waals surface area contributed by atoms with Crippen molar-refractivity contribution in [3.63, 3.8) is 0 Å². The Labute approximate surface area is 88.2 Å². The van der Waals surface area contributed by atoms with Gasteiger partial charge in [-0.2, -0.15) is 0 Å². The maximum absolute atomic E-state index is 12.6. The van der Waals surface area contributed by atoms with Crippen LogP contribution >= 0.6 is 27.3 Å². The Morgan fingerprint density at radius 3 is 2.31 bits per heavy atom. The van der Waals surface area contributed by atoms with Crippen molar-refractivity contribution >= 4 is 27.3 Å². The van der Waals surface area contributed by atoms with Crippen molar-refractivity contribution in [3.05, 3.63) is 45.3 Å². The summed E-state index contributed by atoms with van der Waals surface area (Å²) >= 11 is 5.01. The van der Waals surface area contributed by atoms with E-state index in [0.29, 0.717) is 0 Å². The second-order valence-corrected chi connectivity index (χ2v) is 4.94. The molecular formula is C10H6BrFS. The highest BCUT2D eigenvalue weighted by molar-refractivity contribution is 9.11. The van der Waals surface area contributed by atoms with Gasteiger partial charge in [0.1, 0.15) is 5.82 Å². The summed E-state index contributed by atoms with van der Waals surface area (Å²) in [4.78, 5) is 0. The quantitative estimate of drug-likeness (QED) is 0.713. The minimum atomic E-state index is -0.196. The third kappa shape index (κ3) is 1.98. The van der Waals surface area contributed by atoms with E-state index >= 15 is 0 Å². The fourth-order valence-electron chi connectivity index (χ4n) is 1.10. The molecular weight excluding hydrogens is 251 g/mol. The molecule has 0 fully saturated rings. The second kappa shape index (κ2) is 3.60. The van der Waals surface area contributed by atoms with Crippen LogP contribution in [0.3, 0.4) is 0 Å². The Bertz CT molecular complexity index is 405. The molecule has 0 saturated carbocycles. The molecule has 0 unspecified atom stereocenters. The van der Waals surface area contributed by atoms with E-state index < -0.39 is 0 Å². The van der Waals surface area contributed by atoms with Crippen molar-refractivity contribution in [1.29, 1.82) is 0 Å². The van der Waals surface area contributed by atoms with Crippen LogP contribution in [0.4, 0.5) is 4.39 Å². The molecule has 2 rings (SSSR count). The average molecular weight is 257 g/mol. The first-order valence-corrected chi connectivity index (χ1v) is 5.43. The van der Waals surface area contributed by atoms with Gasteiger partial charge in [-0.3, -0.25) is 0 Å². The molecule has 0 nitrogen and oxygen atoms in total. The van der Waals surface area contributed by atoms with Crippen molar-refractivity contribution in [1.82, 2.24) is 0 Å². The lowest BCUT2D eigenvalue weighted by molar-refractivity contribution is 0.628. The number of thiophene rings is 1. The molecule has 1 aromatic carbocycles. The predicted molar refractivity (Wildman–Crippen MR) is 57.4 cm³/mol. The zero-order valence-corrected chi connectivity index (χ0v) is 9.03. The molecule has 0 aliphatic rings. The monoisotopic (exact) mass is 256 g/mol. The summed E-state index contributed by atoms with van der Waals surface area (Å²) in [6.07, 6.45) is 0. The lowest BCUT2D eigenvalue weighted by Gasteiger charge is -1.95. The van der Waals surface area contributed by atoms with Gasteiger partial charge in [0.15, 0.2) is 0 Å². The number of hydrogen-bond acceptors (Lipinski definition) is 1. The molecule has 0 radical (unpaired) electrons. The van der Waals surface area contributed by atoms with Gasteiger partial charge in [0.25, 0.3) is 0 Å². The fourth-order valence-corrected chi connectivity index (χ4v) is 2.27. The molecule has 0 spiro atoms. The molecule has 0 atom stereocenters. The summed E-state index contributed by atoms with van der Waals surface area (Å²) in [5.74, 6) is -0.196. The molecule has 1 heterocycles. The standard InChI is InChI=1S/C10H6BrFS/c11-10-5-8(6-13-10)7-1-3-9(12)4-2-7/h1-6H. The highest BCUT2D eigenvalue weighted by Gasteiger charge is 2.00. The summed E-state index contributed by atoms with van der Waals surface area (Å²) in [5.41, 5.74) is 2.17. The van der Waals surface area contributed by atoms with Gasteiger partial charge < -0.3 is 0 Å². The minimum Gasteiger partial charge on any atom is -0.207 e. The summed E-state index contributed by atoms with van der Waals surface area (Å²) < 4.78 is 13.7. The van der Waals surface area contributed by atoms with Crippen LogP contribution in [-0.2, 0) is 0 Å². The van der Waals surface area contributed by atoms with Crippen LogP contribution < -0.4 is 0 Å². The van der Waals surface area contributed by atoms with Crippen LogP contribution in [0.15, 0.2) is 39.5 Å². The van der Waals surface area contributed by atoms with Gasteiger partial charge in [-0.1, -0.05) is 12.1 Å². The molecule has 0 amide bonds. The Morgan fingerprint density at radius 2 is 1.77 bits per heavy atom. The molecule has 0 aliphatic heterocycles. The highest BCUT2D eigenvalue weighted by atomic mass is 79.9. The Kier molecular flexibility index (Phi) is 2.47. The van der Waals surface area contributed by atoms with Crippen molar-refractivity contribution in [2.75, 3.05) is 0 Å². The van der Waals surface area contributed by atoms with E-state index in [1.807, 2.05) is 11.4 Å². The highest BCUT2D eigenvalue weighted by Crippen LogP contribution is 2.28. The molecule has 66 valence electrons. The van der Waals surface area contributed by atoms with Crippen molar-refractivity contribution < 1.29 is 4.39 Å². The van der Waals surface area contributed by atoms with E-state index in [0.717, 1.165) is 14.9 Å². The second-order valence-electron chi connectivity index (χ2n) is 2.65. The van der Waals surface area contributed by atoms with E-state index in [2.05, 4.69) is 15.9 Å². The van der Waals surface area contributed by atoms with Gasteiger partial charge in [0.05, 0.1) is 3.79 Å². The summed E-state index contributed by atoms with van der Waals surface area (Å²) in [5, 5.41) is 2.04. The zero-order chi connectivity index (χ0) is 9.26. The first-order chi connectivity index (χ1) is 6.25. The van der Waals surface area contributed by atoms with E-state index in [4.69, 9.17) is 0 Å². The third-order valence-electron chi connectivity index (χ3n) is 1.75. The normalized spacial score (nSPS) is 10.3. The summed E-state index contributed by atoms with van der Waals surface area (Å²) in [6, 6.07) is 8.54. The van der Waals surface area contributed by atoms with Crippen molar-refractivity contribution in [3.8, 4) is 11.1 Å². The molecule has 0 saturated heterocycles. The van der Waals surface area contributed by atoms with Gasteiger partial charge in [-0.25, -0.2) is 4.39 Å². The van der Waals surface area contributed by atoms with Crippen LogP contribution in [0.5, 0.6) is 0 Å². The number of halogens is 2. The number of hydrogen-bond donors (Lipinski definition) is 0. The molecule has 13 heavy (non-hydrogen) atoms. The van der Waals surface area contributed by atoms with Crippen LogP contribution in [0.1, 0.15) is 0 Å². The predicted octanol–water partition coefficient (Wildman–Crippen LogP) is 4.32. The van der Waals surface area contributed by atoms with Gasteiger partial charge in [-0.05, 0) is 50.6 Å². The Balaban J connectivity index is 2.41. The number of rotatable bonds is 1. The molecule has 2 aromatic rings. The fraction of sp³-hybridized carbons (Fsp3) is 0. The summed E-state index contributed by atoms with van der Waals surface area (Å²) in [6.45, 7) is 0. The Morgan fingerprint density at radius 1 is 1.08 bits per heavy atom. The molecule has 0 bridgehead atoms. The van der Waals surface area contributed by atoms with E-state index in [1.165, 1.54) is 12.1 Å². The topological polar surface area (TPSA) is 0 Å². The van der Waals surface area contributed by atoms with Crippen LogP contribution in [0.2, 0.25) is 0 Å². The SMILES string of the molecule is Fc1ccc(-c2csc(Br)c2)cc1. The van der Waals surface area contributed by atoms with Crippen molar-refractivity contribution in [2.24, 2.45) is 0 Å². The largest absolute Gasteiger partial charge is 0.207 e. The van der Waals surface area contributed by atoms with Crippen LogP contribution in [-0.4, -0.2) is 0 Å². The lowest BCUT2D eigenvalue weighted by Crippen LogP contribution is -1.74. The van der Waals surface area contributed by atoms with E-state index in [1.54, 1.807) is 23.5 Å². The minimum absolute atomic E-state index is 0.196. The number of benzene rings is 1. The van der Waals surface area contributed by atoms with Gasteiger partial charge in [-0.15, -0.1) is 11.3 Å². The smallest absolute Gasteiger partial charge is 0.123 e. The average Bonchev–Trinajstić information content (AvgIpc) is 2.53. The van der Waals surface area contributed by atoms with E-state index in [-0.39, 0.29) is 5.82 Å². The maximum atomic E-state index is 12.6. The van der Waals surface area contributed by atoms with Crippen molar-refractivity contribution in [2.45, 2.75) is 0 Å². The molecule has 1 aromatic heterocycles. The van der Waals surface area contributed by atoms with Crippen LogP contribution in [0.25, 0.3) is 11.1 Å². The van der Waals surface area contributed by atoms with Crippen LogP contribution in [0, 0.1) is 5.82 Å². The zero-order valence-electron chi connectivity index (χ0n) is 6.63. The van der Waals surface area contributed by atoms with Gasteiger partial charge >= 0.3 is 0 Å². The molecule has 0 aliphatic carbocycles. The van der Waals surface area contributed by atoms with Gasteiger partial charge in [0.2, 0.25) is 0 Å². The van der Waals surface area contributed by atoms with Gasteiger partial charge in [0, 0.05) is 0 Å². The lowest BCUT2D eigenvalue weighted by atomic mass is 10.1. The third-order valence-corrected chi connectivity index (χ3v) is 3.25. The van der Waals surface area contributed by atoms with E-state index in [9.17, 15) is 4.39 Å². The molecule has 3 heteroatoms.